The number of nitrogens with zero attached hydrogens (tertiary/aromatic N) is 1. The molecule has 1 amide bonds. The van der Waals surface area contributed by atoms with E-state index in [9.17, 15) is 14.7 Å². The van der Waals surface area contributed by atoms with Crippen LogP contribution in [0.2, 0.25) is 0 Å². The molecule has 2 rings (SSSR count). The third-order valence-corrected chi connectivity index (χ3v) is 4.40. The number of rotatable bonds is 2. The van der Waals surface area contributed by atoms with Crippen LogP contribution in [-0.2, 0) is 4.79 Å². The lowest BCUT2D eigenvalue weighted by molar-refractivity contribution is -0.141. The molecule has 1 atom stereocenters. The lowest BCUT2D eigenvalue weighted by Gasteiger charge is -2.33. The van der Waals surface area contributed by atoms with Gasteiger partial charge in [-0.25, -0.2) is 4.79 Å². The molecule has 4 nitrogen and oxygen atoms in total. The van der Waals surface area contributed by atoms with Crippen LogP contribution in [0.15, 0.2) is 30.3 Å². The summed E-state index contributed by atoms with van der Waals surface area (Å²) in [5.74, 6) is -0.740. The number of thioether (sulfide) groups is 1. The van der Waals surface area contributed by atoms with E-state index >= 15 is 0 Å². The summed E-state index contributed by atoms with van der Waals surface area (Å²) in [5, 5.41) is 9.20. The van der Waals surface area contributed by atoms with Crippen LogP contribution in [0.5, 0.6) is 0 Å². The molecule has 1 heterocycles. The fraction of sp³-hybridized carbons (Fsp3) is 0.385. The minimum absolute atomic E-state index is 0.224. The highest BCUT2D eigenvalue weighted by Crippen LogP contribution is 2.39. The molecule has 0 radical (unpaired) electrons. The van der Waals surface area contributed by atoms with Gasteiger partial charge in [-0.15, -0.1) is 11.8 Å². The van der Waals surface area contributed by atoms with Crippen LogP contribution in [0.4, 0.5) is 0 Å². The number of hydrogen-bond donors (Lipinski definition) is 1. The van der Waals surface area contributed by atoms with Gasteiger partial charge in [0.25, 0.3) is 5.91 Å². The van der Waals surface area contributed by atoms with Gasteiger partial charge < -0.3 is 10.0 Å². The molecule has 1 saturated heterocycles. The molecule has 18 heavy (non-hydrogen) atoms. The third-order valence-electron chi connectivity index (χ3n) is 3.01. The van der Waals surface area contributed by atoms with Gasteiger partial charge in [0.15, 0.2) is 0 Å². The highest BCUT2D eigenvalue weighted by Gasteiger charge is 2.46. The summed E-state index contributed by atoms with van der Waals surface area (Å²) < 4.78 is 0. The van der Waals surface area contributed by atoms with E-state index in [4.69, 9.17) is 0 Å². The van der Waals surface area contributed by atoms with Gasteiger partial charge in [0.05, 0.1) is 4.87 Å². The highest BCUT2D eigenvalue weighted by atomic mass is 32.2. The van der Waals surface area contributed by atoms with Crippen molar-refractivity contribution in [2.24, 2.45) is 0 Å². The van der Waals surface area contributed by atoms with Gasteiger partial charge in [0.1, 0.15) is 6.04 Å². The summed E-state index contributed by atoms with van der Waals surface area (Å²) in [6.07, 6.45) is 0. The minimum Gasteiger partial charge on any atom is -0.480 e. The molecular weight excluding hydrogens is 250 g/mol. The second-order valence-corrected chi connectivity index (χ2v) is 6.27. The fourth-order valence-corrected chi connectivity index (χ4v) is 3.30. The summed E-state index contributed by atoms with van der Waals surface area (Å²) in [7, 11) is 0. The number of benzene rings is 1. The Morgan fingerprint density at radius 3 is 2.50 bits per heavy atom. The Labute approximate surface area is 110 Å². The maximum absolute atomic E-state index is 12.4. The molecule has 0 aromatic heterocycles. The summed E-state index contributed by atoms with van der Waals surface area (Å²) in [5.41, 5.74) is 0.527. The molecule has 0 bridgehead atoms. The zero-order valence-corrected chi connectivity index (χ0v) is 11.1. The van der Waals surface area contributed by atoms with Crippen LogP contribution < -0.4 is 0 Å². The number of hydrogen-bond acceptors (Lipinski definition) is 3. The first-order valence-electron chi connectivity index (χ1n) is 5.69. The van der Waals surface area contributed by atoms with Gasteiger partial charge >= 0.3 is 5.97 Å². The van der Waals surface area contributed by atoms with E-state index in [1.807, 2.05) is 19.9 Å². The van der Waals surface area contributed by atoms with Crippen molar-refractivity contribution in [2.45, 2.75) is 24.8 Å². The van der Waals surface area contributed by atoms with Crippen molar-refractivity contribution in [1.29, 1.82) is 0 Å². The Balaban J connectivity index is 2.34. The first-order chi connectivity index (χ1) is 8.43. The van der Waals surface area contributed by atoms with Crippen LogP contribution in [0.1, 0.15) is 24.2 Å². The molecule has 1 N–H and O–H groups in total. The quantitative estimate of drug-likeness (QED) is 0.889. The second kappa shape index (κ2) is 4.65. The Morgan fingerprint density at radius 2 is 1.94 bits per heavy atom. The van der Waals surface area contributed by atoms with E-state index < -0.39 is 16.9 Å². The number of carbonyl (C=O) groups excluding carboxylic acids is 1. The number of amides is 1. The lowest BCUT2D eigenvalue weighted by Crippen LogP contribution is -2.49. The summed E-state index contributed by atoms with van der Waals surface area (Å²) >= 11 is 1.49. The van der Waals surface area contributed by atoms with Crippen LogP contribution in [0, 0.1) is 0 Å². The zero-order chi connectivity index (χ0) is 13.3. The predicted molar refractivity (Wildman–Crippen MR) is 70.6 cm³/mol. The van der Waals surface area contributed by atoms with Gasteiger partial charge in [-0.2, -0.15) is 0 Å². The molecule has 1 aromatic carbocycles. The molecule has 0 spiro atoms. The van der Waals surface area contributed by atoms with Gasteiger partial charge in [0.2, 0.25) is 0 Å². The smallest absolute Gasteiger partial charge is 0.327 e. The Kier molecular flexibility index (Phi) is 3.34. The average Bonchev–Trinajstić information content (AvgIpc) is 2.65. The van der Waals surface area contributed by atoms with E-state index in [2.05, 4.69) is 0 Å². The van der Waals surface area contributed by atoms with Crippen molar-refractivity contribution >= 4 is 23.6 Å². The van der Waals surface area contributed by atoms with Gasteiger partial charge in [-0.05, 0) is 26.0 Å². The molecule has 0 aliphatic carbocycles. The van der Waals surface area contributed by atoms with E-state index in [1.165, 1.54) is 16.7 Å². The topological polar surface area (TPSA) is 57.6 Å². The van der Waals surface area contributed by atoms with Gasteiger partial charge in [-0.1, -0.05) is 18.2 Å². The average molecular weight is 265 g/mol. The van der Waals surface area contributed by atoms with E-state index in [0.29, 0.717) is 11.3 Å². The van der Waals surface area contributed by atoms with Crippen molar-refractivity contribution < 1.29 is 14.7 Å². The predicted octanol–water partition coefficient (Wildman–Crippen LogP) is 2.06. The summed E-state index contributed by atoms with van der Waals surface area (Å²) in [6, 6.07) is 8.05. The van der Waals surface area contributed by atoms with Crippen LogP contribution in [0.25, 0.3) is 0 Å². The van der Waals surface area contributed by atoms with Crippen molar-refractivity contribution in [3.8, 4) is 0 Å². The Morgan fingerprint density at radius 1 is 1.33 bits per heavy atom. The van der Waals surface area contributed by atoms with Crippen molar-refractivity contribution in [1.82, 2.24) is 4.90 Å². The first-order valence-corrected chi connectivity index (χ1v) is 6.67. The number of aliphatic carboxylic acids is 1. The molecule has 1 aromatic rings. The first kappa shape index (κ1) is 13.0. The molecule has 1 unspecified atom stereocenters. The van der Waals surface area contributed by atoms with Crippen molar-refractivity contribution in [3.63, 3.8) is 0 Å². The number of carbonyl (C=O) groups is 2. The Hall–Kier alpha value is -1.49. The monoisotopic (exact) mass is 265 g/mol. The standard InChI is InChI=1S/C13H15NO3S/c1-13(2)14(10(8-18-13)12(16)17)11(15)9-6-4-3-5-7-9/h3-7,10H,8H2,1-2H3,(H,16,17). The molecule has 1 aliphatic rings. The summed E-state index contributed by atoms with van der Waals surface area (Å²) in [6.45, 7) is 3.75. The van der Waals surface area contributed by atoms with Crippen LogP contribution in [0.3, 0.4) is 0 Å². The third kappa shape index (κ3) is 2.22. The molecular formula is C13H15NO3S. The highest BCUT2D eigenvalue weighted by molar-refractivity contribution is 8.00. The number of carboxylic acid groups (broad SMARTS) is 1. The van der Waals surface area contributed by atoms with E-state index in [-0.39, 0.29) is 5.91 Å². The largest absolute Gasteiger partial charge is 0.480 e. The van der Waals surface area contributed by atoms with E-state index in [0.717, 1.165) is 0 Å². The normalized spacial score (nSPS) is 21.9. The molecule has 96 valence electrons. The maximum Gasteiger partial charge on any atom is 0.327 e. The van der Waals surface area contributed by atoms with Crippen LogP contribution >= 0.6 is 11.8 Å². The molecule has 5 heteroatoms. The number of carboxylic acids is 1. The zero-order valence-electron chi connectivity index (χ0n) is 10.3. The SMILES string of the molecule is CC1(C)SCC(C(=O)O)N1C(=O)c1ccccc1. The second-order valence-electron chi connectivity index (χ2n) is 4.65. The van der Waals surface area contributed by atoms with Gasteiger partial charge in [0, 0.05) is 11.3 Å². The molecule has 1 aliphatic heterocycles. The Bertz CT molecular complexity index is 472. The van der Waals surface area contributed by atoms with Crippen LogP contribution in [-0.4, -0.2) is 38.5 Å². The van der Waals surface area contributed by atoms with Gasteiger partial charge in [-0.3, -0.25) is 4.79 Å². The van der Waals surface area contributed by atoms with Crippen molar-refractivity contribution in [3.05, 3.63) is 35.9 Å². The fourth-order valence-electron chi connectivity index (χ4n) is 2.09. The lowest BCUT2D eigenvalue weighted by atomic mass is 10.1. The van der Waals surface area contributed by atoms with E-state index in [1.54, 1.807) is 24.3 Å². The molecule has 0 saturated carbocycles. The molecule has 1 fully saturated rings. The summed E-state index contributed by atoms with van der Waals surface area (Å²) in [4.78, 5) is 24.6. The maximum atomic E-state index is 12.4. The minimum atomic E-state index is -0.947. The van der Waals surface area contributed by atoms with Crippen molar-refractivity contribution in [2.75, 3.05) is 5.75 Å².